The molecule has 0 bridgehead atoms. The van der Waals surface area contributed by atoms with Crippen molar-refractivity contribution in [2.45, 2.75) is 17.6 Å². The van der Waals surface area contributed by atoms with Crippen molar-refractivity contribution in [3.8, 4) is 10.6 Å². The summed E-state index contributed by atoms with van der Waals surface area (Å²) in [6.07, 6.45) is 0.711. The molecule has 0 saturated carbocycles. The molecule has 0 spiro atoms. The first-order chi connectivity index (χ1) is 12.4. The van der Waals surface area contributed by atoms with E-state index in [1.54, 1.807) is 18.2 Å². The molecule has 0 saturated heterocycles. The van der Waals surface area contributed by atoms with E-state index in [0.717, 1.165) is 16.9 Å². The molecule has 0 aliphatic rings. The number of nitrogens with zero attached hydrogens (tertiary/aromatic N) is 1. The van der Waals surface area contributed by atoms with Crippen molar-refractivity contribution in [2.24, 2.45) is 0 Å². The van der Waals surface area contributed by atoms with E-state index in [1.807, 2.05) is 19.1 Å². The molecule has 0 fully saturated rings. The Labute approximate surface area is 154 Å². The van der Waals surface area contributed by atoms with E-state index >= 15 is 0 Å². The number of carbonyl (C=O) groups is 1. The number of aryl methyl sites for hydroxylation is 1. The van der Waals surface area contributed by atoms with Crippen LogP contribution in [0.15, 0.2) is 51.2 Å². The Kier molecular flexibility index (Phi) is 5.10. The molecule has 26 heavy (non-hydrogen) atoms. The number of hydrogen-bond donors (Lipinski definition) is 1. The van der Waals surface area contributed by atoms with Gasteiger partial charge in [0, 0.05) is 6.07 Å². The van der Waals surface area contributed by atoms with E-state index in [0.29, 0.717) is 22.7 Å². The number of ether oxygens (including phenoxy) is 1. The summed E-state index contributed by atoms with van der Waals surface area (Å²) in [4.78, 5) is 12.0. The molecule has 7 nitrogen and oxygen atoms in total. The zero-order valence-electron chi connectivity index (χ0n) is 14.1. The van der Waals surface area contributed by atoms with Crippen LogP contribution in [-0.4, -0.2) is 26.7 Å². The fourth-order valence-electron chi connectivity index (χ4n) is 2.31. The maximum absolute atomic E-state index is 12.7. The van der Waals surface area contributed by atoms with Gasteiger partial charge in [0.05, 0.1) is 17.7 Å². The number of carbonyl (C=O) groups excluding carboxylic acids is 1. The number of sulfonamides is 1. The molecule has 0 aliphatic heterocycles. The predicted octanol–water partition coefficient (Wildman–Crippen LogP) is 3.55. The highest BCUT2D eigenvalue weighted by Gasteiger charge is 2.21. The zero-order chi connectivity index (χ0) is 18.7. The zero-order valence-corrected chi connectivity index (χ0v) is 15.7. The smallest absolute Gasteiger partial charge is 0.360 e. The molecule has 0 unspecified atom stereocenters. The summed E-state index contributed by atoms with van der Waals surface area (Å²) in [7, 11) is -2.49. The maximum atomic E-state index is 12.7. The lowest BCUT2D eigenvalue weighted by Gasteiger charge is -2.10. The van der Waals surface area contributed by atoms with Crippen molar-refractivity contribution in [2.75, 3.05) is 11.8 Å². The lowest BCUT2D eigenvalue weighted by molar-refractivity contribution is 0.0589. The predicted molar refractivity (Wildman–Crippen MR) is 97.8 cm³/mol. The van der Waals surface area contributed by atoms with Crippen LogP contribution in [0, 0.1) is 0 Å². The van der Waals surface area contributed by atoms with E-state index in [1.165, 1.54) is 19.2 Å². The lowest BCUT2D eigenvalue weighted by Crippen LogP contribution is -2.12. The minimum atomic E-state index is -3.73. The Bertz CT molecular complexity index is 1040. The van der Waals surface area contributed by atoms with Gasteiger partial charge in [0.1, 0.15) is 4.21 Å². The van der Waals surface area contributed by atoms with Crippen LogP contribution in [0.1, 0.15) is 23.0 Å². The summed E-state index contributed by atoms with van der Waals surface area (Å²) in [6, 6.07) is 11.7. The highest BCUT2D eigenvalue weighted by molar-refractivity contribution is 7.94. The molecule has 136 valence electrons. The average molecular weight is 392 g/mol. The van der Waals surface area contributed by atoms with Crippen LogP contribution >= 0.6 is 11.3 Å². The number of esters is 1. The normalized spacial score (nSPS) is 11.3. The fraction of sp³-hybridized carbons (Fsp3) is 0.176. The van der Waals surface area contributed by atoms with Gasteiger partial charge in [-0.3, -0.25) is 4.72 Å². The van der Waals surface area contributed by atoms with Crippen molar-refractivity contribution in [1.29, 1.82) is 0 Å². The van der Waals surface area contributed by atoms with Crippen LogP contribution in [0.2, 0.25) is 0 Å². The second kappa shape index (κ2) is 7.30. The van der Waals surface area contributed by atoms with Gasteiger partial charge in [-0.25, -0.2) is 13.2 Å². The molecule has 0 radical (unpaired) electrons. The van der Waals surface area contributed by atoms with Crippen LogP contribution in [0.3, 0.4) is 0 Å². The van der Waals surface area contributed by atoms with Gasteiger partial charge in [-0.15, -0.1) is 11.3 Å². The fourth-order valence-corrected chi connectivity index (χ4v) is 4.67. The van der Waals surface area contributed by atoms with Gasteiger partial charge in [0.25, 0.3) is 10.0 Å². The second-order valence-electron chi connectivity index (χ2n) is 5.30. The molecule has 0 atom stereocenters. The van der Waals surface area contributed by atoms with Crippen LogP contribution < -0.4 is 4.72 Å². The molecule has 2 aromatic heterocycles. The van der Waals surface area contributed by atoms with E-state index < -0.39 is 16.0 Å². The third-order valence-corrected chi connectivity index (χ3v) is 6.59. The van der Waals surface area contributed by atoms with E-state index in [2.05, 4.69) is 14.6 Å². The number of benzene rings is 1. The van der Waals surface area contributed by atoms with Gasteiger partial charge < -0.3 is 9.26 Å². The summed E-state index contributed by atoms with van der Waals surface area (Å²) >= 11 is 1.02. The number of hydrogen-bond acceptors (Lipinski definition) is 7. The van der Waals surface area contributed by atoms with Gasteiger partial charge in [-0.1, -0.05) is 30.3 Å². The third kappa shape index (κ3) is 3.63. The molecule has 1 N–H and O–H groups in total. The molecular weight excluding hydrogens is 376 g/mol. The average Bonchev–Trinajstić information content (AvgIpc) is 3.30. The first-order valence-electron chi connectivity index (χ1n) is 7.70. The van der Waals surface area contributed by atoms with Crippen molar-refractivity contribution >= 4 is 33.0 Å². The second-order valence-corrected chi connectivity index (χ2v) is 8.30. The molecule has 3 aromatic rings. The first-order valence-corrected chi connectivity index (χ1v) is 10.0. The van der Waals surface area contributed by atoms with E-state index in [-0.39, 0.29) is 9.90 Å². The number of nitrogens with one attached hydrogen (secondary N) is 1. The highest BCUT2D eigenvalue weighted by atomic mass is 32.2. The summed E-state index contributed by atoms with van der Waals surface area (Å²) in [5.41, 5.74) is 1.48. The Hall–Kier alpha value is -2.65. The van der Waals surface area contributed by atoms with Crippen molar-refractivity contribution in [3.05, 3.63) is 53.7 Å². The minimum Gasteiger partial charge on any atom is -0.464 e. The largest absolute Gasteiger partial charge is 0.464 e. The molecule has 0 amide bonds. The summed E-state index contributed by atoms with van der Waals surface area (Å²) in [5.74, 6) is -0.326. The van der Waals surface area contributed by atoms with E-state index in [9.17, 15) is 13.2 Å². The van der Waals surface area contributed by atoms with Crippen molar-refractivity contribution in [1.82, 2.24) is 5.16 Å². The highest BCUT2D eigenvalue weighted by Crippen LogP contribution is 2.32. The Morgan fingerprint density at radius 2 is 2.04 bits per heavy atom. The summed E-state index contributed by atoms with van der Waals surface area (Å²) < 4.78 is 37.7. The monoisotopic (exact) mass is 392 g/mol. The van der Waals surface area contributed by atoms with Crippen LogP contribution in [0.4, 0.5) is 5.69 Å². The minimum absolute atomic E-state index is 0.0234. The number of methoxy groups -OCH3 is 1. The van der Waals surface area contributed by atoms with E-state index in [4.69, 9.17) is 4.52 Å². The third-order valence-electron chi connectivity index (χ3n) is 3.64. The first kappa shape index (κ1) is 18.2. The molecule has 1 aromatic carbocycles. The van der Waals surface area contributed by atoms with Crippen LogP contribution in [-0.2, 0) is 21.2 Å². The van der Waals surface area contributed by atoms with Crippen LogP contribution in [0.5, 0.6) is 0 Å². The van der Waals surface area contributed by atoms with Crippen molar-refractivity contribution in [3.63, 3.8) is 0 Å². The topological polar surface area (TPSA) is 98.5 Å². The van der Waals surface area contributed by atoms with Gasteiger partial charge in [0.15, 0.2) is 11.5 Å². The number of anilines is 1. The molecule has 3 rings (SSSR count). The number of aromatic nitrogens is 1. The number of para-hydroxylation sites is 1. The molecule has 9 heteroatoms. The molecule has 2 heterocycles. The summed E-state index contributed by atoms with van der Waals surface area (Å²) in [6.45, 7) is 1.96. The van der Waals surface area contributed by atoms with Gasteiger partial charge >= 0.3 is 5.97 Å². The maximum Gasteiger partial charge on any atom is 0.360 e. The SMILES string of the molecule is CCc1ccccc1NS(=O)(=O)c1ccc(-c2cc(C(=O)OC)no2)s1. The van der Waals surface area contributed by atoms with Gasteiger partial charge in [-0.05, 0) is 30.2 Å². The quantitative estimate of drug-likeness (QED) is 0.644. The Balaban J connectivity index is 1.86. The summed E-state index contributed by atoms with van der Waals surface area (Å²) in [5, 5.41) is 3.62. The standard InChI is InChI=1S/C17H16N2O5S2/c1-3-11-6-4-5-7-12(11)19-26(21,22)16-9-8-15(25-16)14-10-13(18-24-14)17(20)23-2/h4-10,19H,3H2,1-2H3. The van der Waals surface area contributed by atoms with Crippen LogP contribution in [0.25, 0.3) is 10.6 Å². The molecule has 0 aliphatic carbocycles. The van der Waals surface area contributed by atoms with Gasteiger partial charge in [-0.2, -0.15) is 0 Å². The number of thiophene rings is 1. The lowest BCUT2D eigenvalue weighted by atomic mass is 10.1. The van der Waals surface area contributed by atoms with Gasteiger partial charge in [0.2, 0.25) is 0 Å². The molecular formula is C17H16N2O5S2. The van der Waals surface area contributed by atoms with Crippen molar-refractivity contribution < 1.29 is 22.5 Å². The number of rotatable bonds is 6. The Morgan fingerprint density at radius 1 is 1.27 bits per heavy atom. The Morgan fingerprint density at radius 3 is 2.77 bits per heavy atom.